The quantitative estimate of drug-likeness (QED) is 0.697. The number of carbonyl (C=O) groups is 1. The van der Waals surface area contributed by atoms with Crippen LogP contribution in [0.4, 0.5) is 5.82 Å². The monoisotopic (exact) mass is 339 g/mol. The number of anilines is 1. The van der Waals surface area contributed by atoms with E-state index in [0.717, 1.165) is 11.3 Å². The third kappa shape index (κ3) is 4.11. The minimum atomic E-state index is -0.203. The summed E-state index contributed by atoms with van der Waals surface area (Å²) in [5, 5.41) is 9.12. The maximum Gasteiger partial charge on any atom is 0.249 e. The molecule has 5 nitrogen and oxygen atoms in total. The number of amides is 1. The molecule has 0 saturated heterocycles. The van der Waals surface area contributed by atoms with Crippen LogP contribution < -0.4 is 10.1 Å². The lowest BCUT2D eigenvalue weighted by Gasteiger charge is -2.06. The van der Waals surface area contributed by atoms with E-state index >= 15 is 0 Å². The highest BCUT2D eigenvalue weighted by Gasteiger charge is 2.06. The van der Waals surface area contributed by atoms with Crippen molar-refractivity contribution < 1.29 is 9.53 Å². The number of benzene rings is 1. The number of aromatic nitrogens is 2. The summed E-state index contributed by atoms with van der Waals surface area (Å²) in [5.41, 5.74) is 0.900. The van der Waals surface area contributed by atoms with Gasteiger partial charge >= 0.3 is 0 Å². The lowest BCUT2D eigenvalue weighted by atomic mass is 10.2. The van der Waals surface area contributed by atoms with Gasteiger partial charge in [0, 0.05) is 17.0 Å². The number of nitrogens with zero attached hydrogens (tertiary/aromatic N) is 2. The van der Waals surface area contributed by atoms with E-state index in [9.17, 15) is 4.79 Å². The van der Waals surface area contributed by atoms with Gasteiger partial charge in [-0.25, -0.2) is 4.68 Å². The zero-order valence-electron chi connectivity index (χ0n) is 13.2. The molecule has 24 heavy (non-hydrogen) atoms. The molecule has 0 spiro atoms. The number of hydrogen-bond acceptors (Lipinski definition) is 4. The van der Waals surface area contributed by atoms with Gasteiger partial charge in [0.25, 0.3) is 0 Å². The molecule has 0 aliphatic rings. The maximum absolute atomic E-state index is 12.1. The Bertz CT molecular complexity index is 838. The first kappa shape index (κ1) is 16.0. The van der Waals surface area contributed by atoms with Gasteiger partial charge < -0.3 is 10.1 Å². The van der Waals surface area contributed by atoms with Gasteiger partial charge in [0.2, 0.25) is 5.91 Å². The summed E-state index contributed by atoms with van der Waals surface area (Å²) in [4.78, 5) is 13.3. The van der Waals surface area contributed by atoms with Crippen molar-refractivity contribution in [3.8, 4) is 5.75 Å². The first-order valence-corrected chi connectivity index (χ1v) is 8.30. The summed E-state index contributed by atoms with van der Waals surface area (Å²) < 4.78 is 6.93. The van der Waals surface area contributed by atoms with Crippen LogP contribution in [0, 0.1) is 0 Å². The first-order chi connectivity index (χ1) is 11.7. The highest BCUT2D eigenvalue weighted by molar-refractivity contribution is 7.09. The molecule has 0 aliphatic heterocycles. The predicted molar refractivity (Wildman–Crippen MR) is 96.3 cm³/mol. The average molecular weight is 339 g/mol. The first-order valence-electron chi connectivity index (χ1n) is 7.42. The number of hydrogen-bond donors (Lipinski definition) is 1. The van der Waals surface area contributed by atoms with Crippen molar-refractivity contribution in [3.05, 3.63) is 70.6 Å². The van der Waals surface area contributed by atoms with Gasteiger partial charge in [-0.15, -0.1) is 11.3 Å². The van der Waals surface area contributed by atoms with Crippen molar-refractivity contribution >= 4 is 29.1 Å². The van der Waals surface area contributed by atoms with Gasteiger partial charge in [-0.2, -0.15) is 5.10 Å². The van der Waals surface area contributed by atoms with Crippen LogP contribution in [0.15, 0.2) is 60.1 Å². The molecule has 1 aromatic carbocycles. The lowest BCUT2D eigenvalue weighted by Crippen LogP contribution is -2.13. The number of thiophene rings is 1. The standard InChI is InChI=1S/C18H17N3O2S/c1-23-15-5-2-4-14(12-15)7-8-18(22)20-17-9-10-19-21(17)13-16-6-3-11-24-16/h2-12H,13H2,1H3,(H,20,22)/b8-7+. The van der Waals surface area contributed by atoms with E-state index < -0.39 is 0 Å². The Morgan fingerprint density at radius 1 is 1.33 bits per heavy atom. The van der Waals surface area contributed by atoms with Crippen LogP contribution in [0.5, 0.6) is 5.75 Å². The molecule has 0 atom stereocenters. The van der Waals surface area contributed by atoms with Crippen molar-refractivity contribution in [1.29, 1.82) is 0 Å². The average Bonchev–Trinajstić information content (AvgIpc) is 3.26. The Morgan fingerprint density at radius 3 is 3.04 bits per heavy atom. The summed E-state index contributed by atoms with van der Waals surface area (Å²) in [6.07, 6.45) is 4.92. The van der Waals surface area contributed by atoms with Crippen molar-refractivity contribution in [3.63, 3.8) is 0 Å². The van der Waals surface area contributed by atoms with Crippen LogP contribution in [-0.2, 0) is 11.3 Å². The molecule has 0 radical (unpaired) electrons. The fourth-order valence-electron chi connectivity index (χ4n) is 2.20. The van der Waals surface area contributed by atoms with Gasteiger partial charge in [0.15, 0.2) is 0 Å². The molecule has 0 bridgehead atoms. The molecular formula is C18H17N3O2S. The molecule has 0 aliphatic carbocycles. The maximum atomic E-state index is 12.1. The number of carbonyl (C=O) groups excluding carboxylic acids is 1. The highest BCUT2D eigenvalue weighted by atomic mass is 32.1. The van der Waals surface area contributed by atoms with Crippen LogP contribution in [0.2, 0.25) is 0 Å². The normalized spacial score (nSPS) is 10.9. The number of rotatable bonds is 6. The number of methoxy groups -OCH3 is 1. The summed E-state index contributed by atoms with van der Waals surface area (Å²) in [6, 6.07) is 13.3. The van der Waals surface area contributed by atoms with E-state index in [2.05, 4.69) is 10.4 Å². The van der Waals surface area contributed by atoms with Crippen LogP contribution in [0.25, 0.3) is 6.08 Å². The second-order valence-electron chi connectivity index (χ2n) is 5.05. The second-order valence-corrected chi connectivity index (χ2v) is 6.08. The molecule has 3 aromatic rings. The minimum absolute atomic E-state index is 0.203. The van der Waals surface area contributed by atoms with Gasteiger partial charge in [-0.05, 0) is 35.2 Å². The minimum Gasteiger partial charge on any atom is -0.497 e. The van der Waals surface area contributed by atoms with E-state index in [-0.39, 0.29) is 5.91 Å². The smallest absolute Gasteiger partial charge is 0.249 e. The summed E-state index contributed by atoms with van der Waals surface area (Å²) >= 11 is 1.66. The molecule has 0 unspecified atom stereocenters. The fourth-order valence-corrected chi connectivity index (χ4v) is 2.89. The largest absolute Gasteiger partial charge is 0.497 e. The Balaban J connectivity index is 1.65. The van der Waals surface area contributed by atoms with Gasteiger partial charge in [-0.3, -0.25) is 4.79 Å². The molecule has 6 heteroatoms. The topological polar surface area (TPSA) is 56.1 Å². The highest BCUT2D eigenvalue weighted by Crippen LogP contribution is 2.15. The second kappa shape index (κ2) is 7.61. The lowest BCUT2D eigenvalue weighted by molar-refractivity contribution is -0.111. The van der Waals surface area contributed by atoms with E-state index in [1.807, 2.05) is 41.8 Å². The zero-order chi connectivity index (χ0) is 16.8. The summed E-state index contributed by atoms with van der Waals surface area (Å²) in [5.74, 6) is 1.22. The van der Waals surface area contributed by atoms with Crippen molar-refractivity contribution in [1.82, 2.24) is 9.78 Å². The molecule has 122 valence electrons. The third-order valence-electron chi connectivity index (χ3n) is 3.37. The Labute approximate surface area is 144 Å². The summed E-state index contributed by atoms with van der Waals surface area (Å²) in [6.45, 7) is 0.639. The molecule has 0 saturated carbocycles. The molecule has 2 heterocycles. The summed E-state index contributed by atoms with van der Waals surface area (Å²) in [7, 11) is 1.62. The van der Waals surface area contributed by atoms with Crippen molar-refractivity contribution in [2.75, 3.05) is 12.4 Å². The molecule has 1 amide bonds. The van der Waals surface area contributed by atoms with Gasteiger partial charge in [-0.1, -0.05) is 18.2 Å². The van der Waals surface area contributed by atoms with E-state index in [4.69, 9.17) is 4.74 Å². The fraction of sp³-hybridized carbons (Fsp3) is 0.111. The van der Waals surface area contributed by atoms with Crippen molar-refractivity contribution in [2.45, 2.75) is 6.54 Å². The Hall–Kier alpha value is -2.86. The predicted octanol–water partition coefficient (Wildman–Crippen LogP) is 3.65. The molecule has 2 aromatic heterocycles. The third-order valence-corrected chi connectivity index (χ3v) is 4.24. The molecule has 1 N–H and O–H groups in total. The van der Waals surface area contributed by atoms with E-state index in [1.54, 1.807) is 41.5 Å². The number of ether oxygens (including phenoxy) is 1. The molecular weight excluding hydrogens is 322 g/mol. The van der Waals surface area contributed by atoms with Crippen LogP contribution in [0.1, 0.15) is 10.4 Å². The molecule has 3 rings (SSSR count). The van der Waals surface area contributed by atoms with Crippen LogP contribution in [0.3, 0.4) is 0 Å². The van der Waals surface area contributed by atoms with E-state index in [0.29, 0.717) is 12.4 Å². The van der Waals surface area contributed by atoms with E-state index in [1.165, 1.54) is 11.0 Å². The van der Waals surface area contributed by atoms with Crippen LogP contribution in [-0.4, -0.2) is 22.8 Å². The Morgan fingerprint density at radius 2 is 2.25 bits per heavy atom. The SMILES string of the molecule is COc1cccc(/C=C/C(=O)Nc2ccnn2Cc2cccs2)c1. The van der Waals surface area contributed by atoms with Crippen molar-refractivity contribution in [2.24, 2.45) is 0 Å². The van der Waals surface area contributed by atoms with Gasteiger partial charge in [0.1, 0.15) is 11.6 Å². The zero-order valence-corrected chi connectivity index (χ0v) is 14.0. The Kier molecular flexibility index (Phi) is 5.08. The molecule has 0 fully saturated rings. The van der Waals surface area contributed by atoms with Gasteiger partial charge in [0.05, 0.1) is 19.9 Å². The van der Waals surface area contributed by atoms with Crippen LogP contribution >= 0.6 is 11.3 Å². The number of nitrogens with one attached hydrogen (secondary N) is 1.